The monoisotopic (exact) mass is 273 g/mol. The minimum atomic E-state index is -0.318. The molecule has 0 atom stereocenters. The zero-order valence-electron chi connectivity index (χ0n) is 10.1. The van der Waals surface area contributed by atoms with Crippen molar-refractivity contribution in [1.29, 1.82) is 0 Å². The van der Waals surface area contributed by atoms with Gasteiger partial charge in [-0.3, -0.25) is 4.79 Å². The first-order chi connectivity index (χ1) is 9.15. The number of hydrogen-bond donors (Lipinski definition) is 2. The van der Waals surface area contributed by atoms with E-state index in [9.17, 15) is 4.79 Å². The fourth-order valence-corrected chi connectivity index (χ4v) is 2.45. The van der Waals surface area contributed by atoms with Gasteiger partial charge in [0.15, 0.2) is 5.69 Å². The zero-order valence-corrected chi connectivity index (χ0v) is 10.9. The molecular weight excluding hydrogens is 262 g/mol. The van der Waals surface area contributed by atoms with Crippen molar-refractivity contribution >= 4 is 39.0 Å². The van der Waals surface area contributed by atoms with Crippen molar-refractivity contribution in [2.24, 2.45) is 7.05 Å². The summed E-state index contributed by atoms with van der Waals surface area (Å²) in [5.74, 6) is 0.0262. The molecule has 0 aliphatic rings. The molecule has 96 valence electrons. The Morgan fingerprint density at radius 1 is 1.42 bits per heavy atom. The predicted octanol–water partition coefficient (Wildman–Crippen LogP) is 1.86. The van der Waals surface area contributed by atoms with Gasteiger partial charge in [0.2, 0.25) is 0 Å². The van der Waals surface area contributed by atoms with Gasteiger partial charge in [-0.1, -0.05) is 0 Å². The Morgan fingerprint density at radius 2 is 2.26 bits per heavy atom. The van der Waals surface area contributed by atoms with Gasteiger partial charge in [0, 0.05) is 12.7 Å². The van der Waals surface area contributed by atoms with Gasteiger partial charge in [-0.05, 0) is 18.2 Å². The third kappa shape index (κ3) is 2.04. The molecule has 0 unspecified atom stereocenters. The molecule has 0 radical (unpaired) electrons. The van der Waals surface area contributed by atoms with E-state index in [0.717, 1.165) is 10.2 Å². The first kappa shape index (κ1) is 11.7. The summed E-state index contributed by atoms with van der Waals surface area (Å²) in [6, 6.07) is 5.55. The van der Waals surface area contributed by atoms with Crippen LogP contribution in [-0.2, 0) is 7.05 Å². The molecule has 0 aliphatic heterocycles. The molecule has 19 heavy (non-hydrogen) atoms. The summed E-state index contributed by atoms with van der Waals surface area (Å²) in [5.41, 5.74) is 9.38. The summed E-state index contributed by atoms with van der Waals surface area (Å²) in [4.78, 5) is 20.2. The van der Waals surface area contributed by atoms with Gasteiger partial charge in [0.1, 0.15) is 5.82 Å². The van der Waals surface area contributed by atoms with Crippen molar-refractivity contribution in [3.63, 3.8) is 0 Å². The van der Waals surface area contributed by atoms with Crippen molar-refractivity contribution in [3.8, 4) is 0 Å². The molecule has 0 spiro atoms. The van der Waals surface area contributed by atoms with E-state index in [4.69, 9.17) is 5.73 Å². The Hall–Kier alpha value is -2.41. The molecule has 1 aromatic carbocycles. The molecule has 3 N–H and O–H groups in total. The normalized spacial score (nSPS) is 10.8. The van der Waals surface area contributed by atoms with Crippen molar-refractivity contribution in [2.75, 3.05) is 11.1 Å². The number of fused-ring (bicyclic) bond motifs is 1. The summed E-state index contributed by atoms with van der Waals surface area (Å²) in [6.07, 6.45) is 1.51. The Kier molecular flexibility index (Phi) is 2.68. The van der Waals surface area contributed by atoms with Gasteiger partial charge in [-0.2, -0.15) is 0 Å². The van der Waals surface area contributed by atoms with Crippen LogP contribution in [0.3, 0.4) is 0 Å². The number of carbonyl (C=O) groups is 1. The molecule has 0 fully saturated rings. The van der Waals surface area contributed by atoms with E-state index in [1.54, 1.807) is 23.2 Å². The van der Waals surface area contributed by atoms with E-state index in [-0.39, 0.29) is 11.6 Å². The summed E-state index contributed by atoms with van der Waals surface area (Å²) >= 11 is 1.52. The van der Waals surface area contributed by atoms with Crippen LogP contribution >= 0.6 is 11.3 Å². The summed E-state index contributed by atoms with van der Waals surface area (Å²) in [7, 11) is 1.74. The van der Waals surface area contributed by atoms with Crippen LogP contribution in [0.1, 0.15) is 10.5 Å². The van der Waals surface area contributed by atoms with Gasteiger partial charge in [0.25, 0.3) is 5.91 Å². The number of nitrogens with two attached hydrogens (primary N) is 1. The standard InChI is InChI=1S/C12H11N5OS/c1-17-5-14-10(11(17)13)12(18)16-7-2-3-8-9(4-7)19-6-15-8/h2-6H,13H2,1H3,(H,16,18). The van der Waals surface area contributed by atoms with E-state index in [2.05, 4.69) is 15.3 Å². The van der Waals surface area contributed by atoms with Crippen LogP contribution in [0.4, 0.5) is 11.5 Å². The molecule has 3 aromatic rings. The van der Waals surface area contributed by atoms with Crippen molar-refractivity contribution in [3.05, 3.63) is 35.7 Å². The van der Waals surface area contributed by atoms with Crippen LogP contribution < -0.4 is 11.1 Å². The minimum absolute atomic E-state index is 0.229. The van der Waals surface area contributed by atoms with Crippen molar-refractivity contribution < 1.29 is 4.79 Å². The minimum Gasteiger partial charge on any atom is -0.383 e. The quantitative estimate of drug-likeness (QED) is 0.746. The molecule has 1 amide bonds. The predicted molar refractivity (Wildman–Crippen MR) is 75.2 cm³/mol. The number of aromatic nitrogens is 3. The van der Waals surface area contributed by atoms with Crippen LogP contribution in [0.25, 0.3) is 10.2 Å². The molecule has 3 rings (SSSR count). The number of nitrogens with one attached hydrogen (secondary N) is 1. The second kappa shape index (κ2) is 4.36. The lowest BCUT2D eigenvalue weighted by molar-refractivity contribution is 0.102. The van der Waals surface area contributed by atoms with Gasteiger partial charge < -0.3 is 15.6 Å². The fourth-order valence-electron chi connectivity index (χ4n) is 1.74. The Balaban J connectivity index is 1.88. The lowest BCUT2D eigenvalue weighted by Gasteiger charge is -2.04. The summed E-state index contributed by atoms with van der Waals surface area (Å²) in [6.45, 7) is 0. The maximum absolute atomic E-state index is 12.0. The number of benzene rings is 1. The molecule has 2 heterocycles. The number of thiazole rings is 1. The Labute approximate surface area is 112 Å². The number of nitrogen functional groups attached to an aromatic ring is 1. The number of carbonyl (C=O) groups excluding carboxylic acids is 1. The van der Waals surface area contributed by atoms with Crippen LogP contribution in [0.15, 0.2) is 30.0 Å². The van der Waals surface area contributed by atoms with Gasteiger partial charge >= 0.3 is 0 Å². The van der Waals surface area contributed by atoms with E-state index < -0.39 is 0 Å². The zero-order chi connectivity index (χ0) is 13.4. The first-order valence-corrected chi connectivity index (χ1v) is 6.44. The smallest absolute Gasteiger partial charge is 0.278 e. The third-order valence-corrected chi connectivity index (χ3v) is 3.58. The topological polar surface area (TPSA) is 85.8 Å². The fraction of sp³-hybridized carbons (Fsp3) is 0.0833. The van der Waals surface area contributed by atoms with Gasteiger partial charge in [-0.15, -0.1) is 11.3 Å². The molecule has 6 nitrogen and oxygen atoms in total. The second-order valence-electron chi connectivity index (χ2n) is 4.08. The van der Waals surface area contributed by atoms with Crippen LogP contribution in [0.2, 0.25) is 0 Å². The van der Waals surface area contributed by atoms with Gasteiger partial charge in [0.05, 0.1) is 22.1 Å². The molecule has 0 saturated carbocycles. The number of aryl methyl sites for hydroxylation is 1. The molecule has 7 heteroatoms. The van der Waals surface area contributed by atoms with E-state index in [1.807, 2.05) is 12.1 Å². The number of imidazole rings is 1. The average Bonchev–Trinajstić information content (AvgIpc) is 2.97. The van der Waals surface area contributed by atoms with E-state index >= 15 is 0 Å². The van der Waals surface area contributed by atoms with E-state index in [1.165, 1.54) is 17.7 Å². The van der Waals surface area contributed by atoms with Gasteiger partial charge in [-0.25, -0.2) is 9.97 Å². The lowest BCUT2D eigenvalue weighted by Crippen LogP contribution is -2.14. The summed E-state index contributed by atoms with van der Waals surface area (Å²) < 4.78 is 2.62. The van der Waals surface area contributed by atoms with E-state index in [0.29, 0.717) is 11.5 Å². The first-order valence-electron chi connectivity index (χ1n) is 5.56. The van der Waals surface area contributed by atoms with Crippen LogP contribution in [0, 0.1) is 0 Å². The highest BCUT2D eigenvalue weighted by atomic mass is 32.1. The molecule has 0 bridgehead atoms. The second-order valence-corrected chi connectivity index (χ2v) is 4.96. The Bertz CT molecular complexity index is 760. The highest BCUT2D eigenvalue weighted by Crippen LogP contribution is 2.22. The van der Waals surface area contributed by atoms with Crippen molar-refractivity contribution in [2.45, 2.75) is 0 Å². The van der Waals surface area contributed by atoms with Crippen LogP contribution in [0.5, 0.6) is 0 Å². The average molecular weight is 273 g/mol. The highest BCUT2D eigenvalue weighted by Gasteiger charge is 2.14. The third-order valence-electron chi connectivity index (χ3n) is 2.79. The lowest BCUT2D eigenvalue weighted by atomic mass is 10.3. The number of amides is 1. The number of anilines is 2. The SMILES string of the molecule is Cn1cnc(C(=O)Nc2ccc3ncsc3c2)c1N. The largest absolute Gasteiger partial charge is 0.383 e. The summed E-state index contributed by atoms with van der Waals surface area (Å²) in [5, 5.41) is 2.78. The number of hydrogen-bond acceptors (Lipinski definition) is 5. The maximum Gasteiger partial charge on any atom is 0.278 e. The number of nitrogens with zero attached hydrogens (tertiary/aromatic N) is 3. The molecular formula is C12H11N5OS. The Morgan fingerprint density at radius 3 is 3.00 bits per heavy atom. The molecule has 2 aromatic heterocycles. The molecule has 0 aliphatic carbocycles. The maximum atomic E-state index is 12.0. The van der Waals surface area contributed by atoms with Crippen molar-refractivity contribution in [1.82, 2.24) is 14.5 Å². The number of rotatable bonds is 2. The highest BCUT2D eigenvalue weighted by molar-refractivity contribution is 7.16. The molecule has 0 saturated heterocycles. The van der Waals surface area contributed by atoms with Crippen LogP contribution in [-0.4, -0.2) is 20.4 Å².